The quantitative estimate of drug-likeness (QED) is 0.243. The largest absolute Gasteiger partial charge is 0.269 e. The Labute approximate surface area is 81.0 Å². The SMILES string of the molecule is C.[N-]=[N+]=NCc1ccc([N+](=O)[O-])cc1. The molecule has 6 heteroatoms. The molecule has 6 nitrogen and oxygen atoms in total. The van der Waals surface area contributed by atoms with Crippen molar-refractivity contribution in [3.05, 3.63) is 50.4 Å². The number of non-ortho nitro benzene ring substituents is 1. The van der Waals surface area contributed by atoms with Crippen LogP contribution in [-0.4, -0.2) is 4.92 Å². The first kappa shape index (κ1) is 11.9. The second-order valence-corrected chi connectivity index (χ2v) is 2.31. The van der Waals surface area contributed by atoms with Gasteiger partial charge in [-0.2, -0.15) is 0 Å². The molecule has 0 atom stereocenters. The number of hydrogen-bond donors (Lipinski definition) is 0. The van der Waals surface area contributed by atoms with Gasteiger partial charge in [0.15, 0.2) is 0 Å². The lowest BCUT2D eigenvalue weighted by molar-refractivity contribution is -0.384. The monoisotopic (exact) mass is 194 g/mol. The number of rotatable bonds is 3. The van der Waals surface area contributed by atoms with Crippen molar-refractivity contribution in [1.82, 2.24) is 0 Å². The number of nitro benzene ring substituents is 1. The van der Waals surface area contributed by atoms with Crippen molar-refractivity contribution >= 4 is 5.69 Å². The van der Waals surface area contributed by atoms with Crippen molar-refractivity contribution in [3.63, 3.8) is 0 Å². The first-order valence-electron chi connectivity index (χ1n) is 3.48. The zero-order valence-corrected chi connectivity index (χ0v) is 6.62. The third kappa shape index (κ3) is 3.12. The minimum atomic E-state index is -0.475. The van der Waals surface area contributed by atoms with Crippen molar-refractivity contribution in [2.45, 2.75) is 14.0 Å². The van der Waals surface area contributed by atoms with Gasteiger partial charge in [-0.15, -0.1) is 0 Å². The van der Waals surface area contributed by atoms with Gasteiger partial charge in [-0.1, -0.05) is 24.7 Å². The Bertz CT molecular complexity index is 354. The molecule has 74 valence electrons. The highest BCUT2D eigenvalue weighted by molar-refractivity contribution is 5.32. The summed E-state index contributed by atoms with van der Waals surface area (Å²) in [5.74, 6) is 0. The van der Waals surface area contributed by atoms with Crippen LogP contribution in [0.2, 0.25) is 0 Å². The van der Waals surface area contributed by atoms with E-state index in [0.717, 1.165) is 5.56 Å². The van der Waals surface area contributed by atoms with E-state index >= 15 is 0 Å². The molecule has 0 N–H and O–H groups in total. The van der Waals surface area contributed by atoms with Crippen molar-refractivity contribution < 1.29 is 4.92 Å². The highest BCUT2D eigenvalue weighted by atomic mass is 16.6. The Kier molecular flexibility index (Phi) is 4.73. The lowest BCUT2D eigenvalue weighted by Crippen LogP contribution is -1.87. The predicted octanol–water partition coefficient (Wildman–Crippen LogP) is 3.04. The zero-order chi connectivity index (χ0) is 9.68. The maximum Gasteiger partial charge on any atom is 0.269 e. The van der Waals surface area contributed by atoms with Gasteiger partial charge < -0.3 is 0 Å². The average Bonchev–Trinajstić information content (AvgIpc) is 2.15. The molecule has 0 radical (unpaired) electrons. The normalized spacial score (nSPS) is 8.29. The number of nitro groups is 1. The second kappa shape index (κ2) is 5.55. The van der Waals surface area contributed by atoms with Crippen LogP contribution in [0, 0.1) is 10.1 Å². The molecule has 0 bridgehead atoms. The Morgan fingerprint density at radius 2 is 2.00 bits per heavy atom. The molecular formula is C8H10N4O2. The average molecular weight is 194 g/mol. The molecule has 0 saturated heterocycles. The lowest BCUT2D eigenvalue weighted by atomic mass is 10.2. The molecule has 0 aliphatic carbocycles. The molecule has 0 aliphatic heterocycles. The first-order valence-corrected chi connectivity index (χ1v) is 3.48. The second-order valence-electron chi connectivity index (χ2n) is 2.31. The highest BCUT2D eigenvalue weighted by Gasteiger charge is 2.02. The Morgan fingerprint density at radius 1 is 1.43 bits per heavy atom. The van der Waals surface area contributed by atoms with Gasteiger partial charge in [-0.3, -0.25) is 10.1 Å². The maximum absolute atomic E-state index is 10.2. The van der Waals surface area contributed by atoms with E-state index in [1.54, 1.807) is 12.1 Å². The summed E-state index contributed by atoms with van der Waals surface area (Å²) in [6, 6.07) is 5.88. The molecule has 0 aromatic heterocycles. The Balaban J connectivity index is 0.00000169. The van der Waals surface area contributed by atoms with Gasteiger partial charge in [0.05, 0.1) is 11.5 Å². The van der Waals surface area contributed by atoms with Crippen LogP contribution in [0.1, 0.15) is 13.0 Å². The Hall–Kier alpha value is -2.07. The zero-order valence-electron chi connectivity index (χ0n) is 6.62. The van der Waals surface area contributed by atoms with Crippen molar-refractivity contribution in [3.8, 4) is 0 Å². The fourth-order valence-corrected chi connectivity index (χ4v) is 0.836. The smallest absolute Gasteiger partial charge is 0.258 e. The van der Waals surface area contributed by atoms with Gasteiger partial charge in [0.2, 0.25) is 0 Å². The van der Waals surface area contributed by atoms with E-state index in [-0.39, 0.29) is 19.7 Å². The highest BCUT2D eigenvalue weighted by Crippen LogP contribution is 2.12. The van der Waals surface area contributed by atoms with Gasteiger partial charge in [0.1, 0.15) is 0 Å². The summed E-state index contributed by atoms with van der Waals surface area (Å²) >= 11 is 0. The van der Waals surface area contributed by atoms with E-state index in [2.05, 4.69) is 10.0 Å². The van der Waals surface area contributed by atoms with Crippen LogP contribution in [0.4, 0.5) is 5.69 Å². The fraction of sp³-hybridized carbons (Fsp3) is 0.250. The molecule has 1 aromatic carbocycles. The summed E-state index contributed by atoms with van der Waals surface area (Å²) in [6.07, 6.45) is 0. The van der Waals surface area contributed by atoms with Crippen LogP contribution >= 0.6 is 0 Å². The van der Waals surface area contributed by atoms with E-state index in [9.17, 15) is 10.1 Å². The standard InChI is InChI=1S/C7H6N4O2.CH4/c8-10-9-5-6-1-3-7(4-2-6)11(12)13;/h1-4H,5H2;1H4. The number of azide groups is 1. The van der Waals surface area contributed by atoms with Gasteiger partial charge in [0, 0.05) is 17.0 Å². The van der Waals surface area contributed by atoms with Crippen LogP contribution < -0.4 is 0 Å². The molecule has 14 heavy (non-hydrogen) atoms. The summed E-state index contributed by atoms with van der Waals surface area (Å²) in [5, 5.41) is 13.6. The van der Waals surface area contributed by atoms with E-state index in [1.807, 2.05) is 0 Å². The third-order valence-electron chi connectivity index (χ3n) is 1.46. The minimum Gasteiger partial charge on any atom is -0.258 e. The first-order chi connectivity index (χ1) is 6.24. The van der Waals surface area contributed by atoms with Crippen LogP contribution in [0.3, 0.4) is 0 Å². The number of hydrogen-bond acceptors (Lipinski definition) is 3. The number of nitrogens with zero attached hydrogens (tertiary/aromatic N) is 4. The summed E-state index contributed by atoms with van der Waals surface area (Å²) in [4.78, 5) is 12.4. The van der Waals surface area contributed by atoms with Gasteiger partial charge >= 0.3 is 0 Å². The van der Waals surface area contributed by atoms with Crippen LogP contribution in [0.25, 0.3) is 10.4 Å². The topological polar surface area (TPSA) is 91.9 Å². The van der Waals surface area contributed by atoms with Crippen LogP contribution in [-0.2, 0) is 6.54 Å². The minimum absolute atomic E-state index is 0. The molecular weight excluding hydrogens is 184 g/mol. The van der Waals surface area contributed by atoms with E-state index in [1.165, 1.54) is 12.1 Å². The molecule has 1 aromatic rings. The lowest BCUT2D eigenvalue weighted by Gasteiger charge is -1.93. The van der Waals surface area contributed by atoms with Crippen LogP contribution in [0.5, 0.6) is 0 Å². The summed E-state index contributed by atoms with van der Waals surface area (Å²) in [5.41, 5.74) is 8.81. The van der Waals surface area contributed by atoms with E-state index in [0.29, 0.717) is 0 Å². The van der Waals surface area contributed by atoms with E-state index in [4.69, 9.17) is 5.53 Å². The molecule has 0 heterocycles. The fourth-order valence-electron chi connectivity index (χ4n) is 0.836. The molecule has 0 fully saturated rings. The van der Waals surface area contributed by atoms with Crippen LogP contribution in [0.15, 0.2) is 29.4 Å². The third-order valence-corrected chi connectivity index (χ3v) is 1.46. The molecule has 0 saturated carbocycles. The Morgan fingerprint density at radius 3 is 2.43 bits per heavy atom. The van der Waals surface area contributed by atoms with E-state index < -0.39 is 4.92 Å². The summed E-state index contributed by atoms with van der Waals surface area (Å²) in [7, 11) is 0. The van der Waals surface area contributed by atoms with Gasteiger partial charge in [0.25, 0.3) is 5.69 Å². The van der Waals surface area contributed by atoms with Gasteiger partial charge in [-0.05, 0) is 11.1 Å². The van der Waals surface area contributed by atoms with Crippen molar-refractivity contribution in [1.29, 1.82) is 0 Å². The maximum atomic E-state index is 10.2. The summed E-state index contributed by atoms with van der Waals surface area (Å²) in [6.45, 7) is 0.217. The van der Waals surface area contributed by atoms with Crippen molar-refractivity contribution in [2.24, 2.45) is 5.11 Å². The molecule has 0 aliphatic rings. The molecule has 0 unspecified atom stereocenters. The van der Waals surface area contributed by atoms with Crippen molar-refractivity contribution in [2.75, 3.05) is 0 Å². The number of benzene rings is 1. The predicted molar refractivity (Wildman–Crippen MR) is 52.7 cm³/mol. The molecule has 1 rings (SSSR count). The molecule has 0 amide bonds. The van der Waals surface area contributed by atoms with Gasteiger partial charge in [-0.25, -0.2) is 0 Å². The molecule has 0 spiro atoms. The summed E-state index contributed by atoms with van der Waals surface area (Å²) < 4.78 is 0.